The van der Waals surface area contributed by atoms with Gasteiger partial charge in [-0.3, -0.25) is 4.79 Å². The van der Waals surface area contributed by atoms with Gasteiger partial charge in [0.05, 0.1) is 18.7 Å². The number of nitrogens with two attached hydrogens (primary N) is 1. The lowest BCUT2D eigenvalue weighted by molar-refractivity contribution is -0.138. The lowest BCUT2D eigenvalue weighted by Crippen LogP contribution is -2.38. The van der Waals surface area contributed by atoms with Crippen molar-refractivity contribution in [1.29, 1.82) is 0 Å². The molecule has 0 amide bonds. The molecule has 0 fully saturated rings. The Morgan fingerprint density at radius 3 is 2.68 bits per heavy atom. The highest BCUT2D eigenvalue weighted by atomic mass is 35.5. The monoisotopic (exact) mass is 320 g/mol. The van der Waals surface area contributed by atoms with Gasteiger partial charge in [-0.05, 0) is 30.3 Å². The molecule has 1 heterocycles. The van der Waals surface area contributed by atoms with Crippen LogP contribution in [0.2, 0.25) is 0 Å². The van der Waals surface area contributed by atoms with Crippen LogP contribution >= 0.6 is 12.4 Å². The molecule has 0 spiro atoms. The van der Waals surface area contributed by atoms with Gasteiger partial charge in [-0.2, -0.15) is 0 Å². The first-order chi connectivity index (χ1) is 10.1. The molecule has 1 aliphatic heterocycles. The summed E-state index contributed by atoms with van der Waals surface area (Å²) in [6.07, 6.45) is -0.425. The van der Waals surface area contributed by atoms with Gasteiger partial charge in [0.2, 0.25) is 0 Å². The number of fused-ring (bicyclic) bond motifs is 1. The van der Waals surface area contributed by atoms with E-state index in [0.29, 0.717) is 18.0 Å². The van der Waals surface area contributed by atoms with Crippen LogP contribution in [-0.2, 0) is 4.79 Å². The van der Waals surface area contributed by atoms with Crippen molar-refractivity contribution in [3.05, 3.63) is 48.5 Å². The fraction of sp³-hybridized carbons (Fsp3) is 0.188. The zero-order chi connectivity index (χ0) is 14.8. The predicted octanol–water partition coefficient (Wildman–Crippen LogP) is 3.06. The van der Waals surface area contributed by atoms with Crippen LogP contribution in [-0.4, -0.2) is 23.7 Å². The number of carbonyl (C=O) groups is 1. The fourth-order valence-corrected chi connectivity index (χ4v) is 2.52. The van der Waals surface area contributed by atoms with E-state index in [1.165, 1.54) is 0 Å². The minimum Gasteiger partial charge on any atom is -0.486 e. The van der Waals surface area contributed by atoms with Gasteiger partial charge in [0.1, 0.15) is 11.9 Å². The average Bonchev–Trinajstić information content (AvgIpc) is 2.47. The molecule has 6 heteroatoms. The second-order valence-corrected chi connectivity index (χ2v) is 5.01. The highest BCUT2D eigenvalue weighted by molar-refractivity contribution is 5.85. The van der Waals surface area contributed by atoms with Crippen molar-refractivity contribution in [3.63, 3.8) is 0 Å². The van der Waals surface area contributed by atoms with Crippen molar-refractivity contribution in [2.75, 3.05) is 17.2 Å². The molecule has 3 rings (SSSR count). The minimum absolute atomic E-state index is 0. The molecular formula is C16H17ClN2O3. The molecule has 1 atom stereocenters. The van der Waals surface area contributed by atoms with Crippen molar-refractivity contribution in [2.24, 2.45) is 0 Å². The van der Waals surface area contributed by atoms with Gasteiger partial charge in [-0.1, -0.05) is 18.2 Å². The quantitative estimate of drug-likeness (QED) is 0.850. The van der Waals surface area contributed by atoms with E-state index >= 15 is 0 Å². The van der Waals surface area contributed by atoms with Crippen LogP contribution in [0.15, 0.2) is 48.5 Å². The topological polar surface area (TPSA) is 75.8 Å². The van der Waals surface area contributed by atoms with Crippen molar-refractivity contribution < 1.29 is 14.6 Å². The summed E-state index contributed by atoms with van der Waals surface area (Å²) in [7, 11) is 0. The van der Waals surface area contributed by atoms with Crippen LogP contribution in [0, 0.1) is 0 Å². The summed E-state index contributed by atoms with van der Waals surface area (Å²) < 4.78 is 5.77. The van der Waals surface area contributed by atoms with E-state index in [1.807, 2.05) is 41.3 Å². The largest absolute Gasteiger partial charge is 0.486 e. The average molecular weight is 321 g/mol. The highest BCUT2D eigenvalue weighted by Crippen LogP contribution is 2.39. The number of halogens is 1. The van der Waals surface area contributed by atoms with E-state index in [0.717, 1.165) is 11.4 Å². The van der Waals surface area contributed by atoms with Gasteiger partial charge in [-0.25, -0.2) is 0 Å². The lowest BCUT2D eigenvalue weighted by atomic mass is 10.1. The number of rotatable bonds is 3. The Balaban J connectivity index is 0.00000176. The Morgan fingerprint density at radius 2 is 2.00 bits per heavy atom. The molecule has 0 saturated carbocycles. The summed E-state index contributed by atoms with van der Waals surface area (Å²) in [5.74, 6) is -0.211. The van der Waals surface area contributed by atoms with Crippen LogP contribution in [0.1, 0.15) is 6.42 Å². The number of nitrogens with zero attached hydrogens (tertiary/aromatic N) is 1. The molecular weight excluding hydrogens is 304 g/mol. The summed E-state index contributed by atoms with van der Waals surface area (Å²) in [5.41, 5.74) is 8.36. The van der Waals surface area contributed by atoms with Gasteiger partial charge in [0.25, 0.3) is 0 Å². The Labute approximate surface area is 134 Å². The summed E-state index contributed by atoms with van der Waals surface area (Å²) in [4.78, 5) is 13.0. The third-order valence-electron chi connectivity index (χ3n) is 3.42. The molecule has 22 heavy (non-hydrogen) atoms. The molecule has 3 N–H and O–H groups in total. The number of hydrogen-bond donors (Lipinski definition) is 2. The molecule has 1 unspecified atom stereocenters. The van der Waals surface area contributed by atoms with E-state index in [2.05, 4.69) is 0 Å². The molecule has 0 radical (unpaired) electrons. The van der Waals surface area contributed by atoms with E-state index in [1.54, 1.807) is 12.1 Å². The van der Waals surface area contributed by atoms with Crippen molar-refractivity contribution in [2.45, 2.75) is 12.5 Å². The standard InChI is InChI=1S/C16H16N2O3.ClH/c17-11-6-7-15-14(8-11)18(12-4-2-1-3-5-12)10-13(21-15)9-16(19)20;/h1-8,13H,9-10,17H2,(H,19,20);1H. The Hall–Kier alpha value is -2.40. The lowest BCUT2D eigenvalue weighted by Gasteiger charge is -2.36. The van der Waals surface area contributed by atoms with Crippen LogP contribution in [0.3, 0.4) is 0 Å². The number of benzene rings is 2. The third kappa shape index (κ3) is 3.26. The molecule has 0 saturated heterocycles. The number of nitrogen functional groups attached to an aromatic ring is 1. The number of carboxylic acid groups (broad SMARTS) is 1. The van der Waals surface area contributed by atoms with Gasteiger partial charge >= 0.3 is 5.97 Å². The second-order valence-electron chi connectivity index (χ2n) is 5.01. The maximum Gasteiger partial charge on any atom is 0.307 e. The number of ether oxygens (including phenoxy) is 1. The van der Waals surface area contributed by atoms with Gasteiger partial charge in [-0.15, -0.1) is 12.4 Å². The minimum atomic E-state index is -0.869. The van der Waals surface area contributed by atoms with E-state index in [4.69, 9.17) is 15.6 Å². The van der Waals surface area contributed by atoms with Gasteiger partial charge in [0, 0.05) is 11.4 Å². The van der Waals surface area contributed by atoms with Gasteiger partial charge < -0.3 is 20.5 Å². The summed E-state index contributed by atoms with van der Waals surface area (Å²) >= 11 is 0. The van der Waals surface area contributed by atoms with E-state index in [-0.39, 0.29) is 24.9 Å². The normalized spacial score (nSPS) is 16.2. The molecule has 1 aliphatic rings. The molecule has 0 aliphatic carbocycles. The highest BCUT2D eigenvalue weighted by Gasteiger charge is 2.28. The number of para-hydroxylation sites is 1. The smallest absolute Gasteiger partial charge is 0.307 e. The maximum atomic E-state index is 11.0. The molecule has 2 aromatic rings. The van der Waals surface area contributed by atoms with Crippen molar-refractivity contribution >= 4 is 35.4 Å². The fourth-order valence-electron chi connectivity index (χ4n) is 2.52. The van der Waals surface area contributed by atoms with Crippen molar-refractivity contribution in [1.82, 2.24) is 0 Å². The zero-order valence-electron chi connectivity index (χ0n) is 11.8. The molecule has 0 bridgehead atoms. The summed E-state index contributed by atoms with van der Waals surface area (Å²) in [6, 6.07) is 15.2. The van der Waals surface area contributed by atoms with Crippen LogP contribution in [0.4, 0.5) is 17.1 Å². The summed E-state index contributed by atoms with van der Waals surface area (Å²) in [5, 5.41) is 9.00. The van der Waals surface area contributed by atoms with E-state index < -0.39 is 5.97 Å². The maximum absolute atomic E-state index is 11.0. The zero-order valence-corrected chi connectivity index (χ0v) is 12.6. The van der Waals surface area contributed by atoms with Gasteiger partial charge in [0.15, 0.2) is 0 Å². The second kappa shape index (κ2) is 6.58. The molecule has 116 valence electrons. The first kappa shape index (κ1) is 16.0. The van der Waals surface area contributed by atoms with Crippen LogP contribution in [0.5, 0.6) is 5.75 Å². The first-order valence-electron chi connectivity index (χ1n) is 6.74. The number of hydrogen-bond acceptors (Lipinski definition) is 4. The van der Waals surface area contributed by atoms with Crippen molar-refractivity contribution in [3.8, 4) is 5.75 Å². The molecule has 2 aromatic carbocycles. The number of aliphatic carboxylic acids is 1. The molecule has 0 aromatic heterocycles. The van der Waals surface area contributed by atoms with Crippen LogP contribution in [0.25, 0.3) is 0 Å². The predicted molar refractivity (Wildman–Crippen MR) is 88.2 cm³/mol. The van der Waals surface area contributed by atoms with E-state index in [9.17, 15) is 4.79 Å². The SMILES string of the molecule is Cl.Nc1ccc2c(c1)N(c1ccccc1)CC(CC(=O)O)O2. The Morgan fingerprint density at radius 1 is 1.27 bits per heavy atom. The Kier molecular flexibility index (Phi) is 4.78. The van der Waals surface area contributed by atoms with Crippen LogP contribution < -0.4 is 15.4 Å². The summed E-state index contributed by atoms with van der Waals surface area (Å²) in [6.45, 7) is 0.479. The first-order valence-corrected chi connectivity index (χ1v) is 6.74. The molecule has 5 nitrogen and oxygen atoms in total. The number of carboxylic acids is 1. The number of anilines is 3. The Bertz CT molecular complexity index is 664. The third-order valence-corrected chi connectivity index (χ3v) is 3.42.